The van der Waals surface area contributed by atoms with Crippen molar-refractivity contribution in [3.63, 3.8) is 0 Å². The van der Waals surface area contributed by atoms with Gasteiger partial charge in [-0.25, -0.2) is 8.42 Å². The number of halogens is 2. The van der Waals surface area contributed by atoms with E-state index in [-0.39, 0.29) is 12.5 Å². The summed E-state index contributed by atoms with van der Waals surface area (Å²) in [6.07, 6.45) is 3.15. The molecule has 0 aliphatic heterocycles. The smallest absolute Gasteiger partial charge is 0.244 e. The Morgan fingerprint density at radius 2 is 1.77 bits per heavy atom. The van der Waals surface area contributed by atoms with E-state index in [0.29, 0.717) is 34.3 Å². The highest BCUT2D eigenvalue weighted by Crippen LogP contribution is 2.25. The van der Waals surface area contributed by atoms with Crippen molar-refractivity contribution in [3.05, 3.63) is 63.6 Å². The maximum atomic E-state index is 13.6. The SMILES string of the molecule is CCCCNC(=O)[C@H](CC)N(Cc1ccc(Cl)c(Cl)c1)C(=O)CN(c1cccc(C)c1)S(C)(=O)=O. The van der Waals surface area contributed by atoms with E-state index in [1.165, 1.54) is 4.90 Å². The monoisotopic (exact) mass is 541 g/mol. The number of nitrogens with zero attached hydrogens (tertiary/aromatic N) is 2. The molecule has 0 fully saturated rings. The van der Waals surface area contributed by atoms with Crippen LogP contribution in [-0.2, 0) is 26.2 Å². The number of anilines is 1. The zero-order valence-electron chi connectivity index (χ0n) is 20.6. The van der Waals surface area contributed by atoms with Crippen molar-refractivity contribution in [2.45, 2.75) is 52.6 Å². The normalized spacial score (nSPS) is 12.2. The third-order valence-electron chi connectivity index (χ3n) is 5.52. The van der Waals surface area contributed by atoms with Crippen LogP contribution in [-0.4, -0.2) is 50.5 Å². The number of carbonyl (C=O) groups is 2. The summed E-state index contributed by atoms with van der Waals surface area (Å²) in [7, 11) is -3.77. The second-order valence-electron chi connectivity index (χ2n) is 8.45. The number of aryl methyl sites for hydroxylation is 1. The Balaban J connectivity index is 2.42. The number of benzene rings is 2. The fourth-order valence-electron chi connectivity index (χ4n) is 3.66. The van der Waals surface area contributed by atoms with Gasteiger partial charge >= 0.3 is 0 Å². The molecule has 0 heterocycles. The quantitative estimate of drug-likeness (QED) is 0.391. The van der Waals surface area contributed by atoms with E-state index < -0.39 is 28.5 Å². The molecule has 2 aromatic carbocycles. The molecule has 0 bridgehead atoms. The van der Waals surface area contributed by atoms with Gasteiger partial charge in [0.15, 0.2) is 0 Å². The van der Waals surface area contributed by atoms with Crippen LogP contribution in [0.5, 0.6) is 0 Å². The van der Waals surface area contributed by atoms with Crippen molar-refractivity contribution in [1.82, 2.24) is 10.2 Å². The number of nitrogens with one attached hydrogen (secondary N) is 1. The van der Waals surface area contributed by atoms with Crippen LogP contribution in [0.3, 0.4) is 0 Å². The number of amides is 2. The van der Waals surface area contributed by atoms with E-state index in [9.17, 15) is 18.0 Å². The standard InChI is InChI=1S/C25H33Cl2N3O4S/c1-5-7-13-28-25(32)23(6-2)29(16-19-11-12-21(26)22(27)15-19)24(31)17-30(35(4,33)34)20-10-8-9-18(3)14-20/h8-12,14-15,23H,5-7,13,16-17H2,1-4H3,(H,28,32)/t23-/m0/s1. The second-order valence-corrected chi connectivity index (χ2v) is 11.2. The van der Waals surface area contributed by atoms with Crippen molar-refractivity contribution in [3.8, 4) is 0 Å². The van der Waals surface area contributed by atoms with Crippen LogP contribution < -0.4 is 9.62 Å². The van der Waals surface area contributed by atoms with Crippen molar-refractivity contribution in [2.24, 2.45) is 0 Å². The van der Waals surface area contributed by atoms with Gasteiger partial charge in [-0.05, 0) is 55.2 Å². The predicted molar refractivity (Wildman–Crippen MR) is 142 cm³/mol. The largest absolute Gasteiger partial charge is 0.354 e. The molecule has 0 unspecified atom stereocenters. The molecule has 1 N–H and O–H groups in total. The molecule has 0 aromatic heterocycles. The summed E-state index contributed by atoms with van der Waals surface area (Å²) in [5, 5.41) is 3.59. The van der Waals surface area contributed by atoms with Gasteiger partial charge in [-0.2, -0.15) is 0 Å². The Morgan fingerprint density at radius 1 is 1.06 bits per heavy atom. The summed E-state index contributed by atoms with van der Waals surface area (Å²) in [5.41, 5.74) is 1.92. The molecule has 0 aliphatic carbocycles. The topological polar surface area (TPSA) is 86.8 Å². The minimum Gasteiger partial charge on any atom is -0.354 e. The molecule has 0 saturated carbocycles. The first kappa shape index (κ1) is 28.9. The van der Waals surface area contributed by atoms with Gasteiger partial charge in [0.1, 0.15) is 12.6 Å². The van der Waals surface area contributed by atoms with E-state index in [1.54, 1.807) is 36.4 Å². The van der Waals surface area contributed by atoms with Crippen molar-refractivity contribution in [1.29, 1.82) is 0 Å². The third-order valence-corrected chi connectivity index (χ3v) is 7.40. The minimum atomic E-state index is -3.77. The number of unbranched alkanes of at least 4 members (excludes halogenated alkanes) is 1. The molecule has 0 spiro atoms. The zero-order chi connectivity index (χ0) is 26.2. The van der Waals surface area contributed by atoms with Gasteiger partial charge in [0.05, 0.1) is 22.0 Å². The summed E-state index contributed by atoms with van der Waals surface area (Å²) < 4.78 is 26.3. The third kappa shape index (κ3) is 8.40. The van der Waals surface area contributed by atoms with E-state index in [2.05, 4.69) is 5.32 Å². The van der Waals surface area contributed by atoms with Crippen LogP contribution in [0, 0.1) is 6.92 Å². The molecule has 10 heteroatoms. The second kappa shape index (κ2) is 13.1. The highest BCUT2D eigenvalue weighted by Gasteiger charge is 2.31. The first-order valence-electron chi connectivity index (χ1n) is 11.5. The average Bonchev–Trinajstić information content (AvgIpc) is 2.79. The summed E-state index contributed by atoms with van der Waals surface area (Å²) in [4.78, 5) is 28.1. The predicted octanol–water partition coefficient (Wildman–Crippen LogP) is 4.79. The number of hydrogen-bond acceptors (Lipinski definition) is 4. The van der Waals surface area contributed by atoms with Crippen molar-refractivity contribution < 1.29 is 18.0 Å². The fourth-order valence-corrected chi connectivity index (χ4v) is 4.82. The maximum absolute atomic E-state index is 13.6. The molecule has 2 aromatic rings. The molecule has 0 aliphatic rings. The Morgan fingerprint density at radius 3 is 2.34 bits per heavy atom. The number of rotatable bonds is 12. The van der Waals surface area contributed by atoms with E-state index in [0.717, 1.165) is 29.0 Å². The molecular weight excluding hydrogens is 509 g/mol. The van der Waals surface area contributed by atoms with E-state index >= 15 is 0 Å². The summed E-state index contributed by atoms with van der Waals surface area (Å²) in [5.74, 6) is -0.781. The number of carbonyl (C=O) groups excluding carboxylic acids is 2. The van der Waals surface area contributed by atoms with Crippen LogP contribution in [0.15, 0.2) is 42.5 Å². The first-order chi connectivity index (χ1) is 16.5. The lowest BCUT2D eigenvalue weighted by atomic mass is 10.1. The molecule has 7 nitrogen and oxygen atoms in total. The number of hydrogen-bond donors (Lipinski definition) is 1. The maximum Gasteiger partial charge on any atom is 0.244 e. The van der Waals surface area contributed by atoms with E-state index in [4.69, 9.17) is 23.2 Å². The Kier molecular flexibility index (Phi) is 10.9. The molecule has 35 heavy (non-hydrogen) atoms. The molecular formula is C25H33Cl2N3O4S. The van der Waals surface area contributed by atoms with Gasteiger partial charge in [0, 0.05) is 13.1 Å². The van der Waals surface area contributed by atoms with Gasteiger partial charge < -0.3 is 10.2 Å². The molecule has 0 saturated heterocycles. The first-order valence-corrected chi connectivity index (χ1v) is 14.1. The van der Waals surface area contributed by atoms with E-state index in [1.807, 2.05) is 26.8 Å². The van der Waals surface area contributed by atoms with Gasteiger partial charge in [-0.15, -0.1) is 0 Å². The molecule has 0 radical (unpaired) electrons. The van der Waals surface area contributed by atoms with Crippen LogP contribution in [0.2, 0.25) is 10.0 Å². The highest BCUT2D eigenvalue weighted by atomic mass is 35.5. The van der Waals surface area contributed by atoms with Crippen molar-refractivity contribution >= 4 is 50.7 Å². The Hall–Kier alpha value is -2.29. The lowest BCUT2D eigenvalue weighted by Crippen LogP contribution is -2.52. The molecule has 1 atom stereocenters. The van der Waals surface area contributed by atoms with Crippen LogP contribution in [0.25, 0.3) is 0 Å². The van der Waals surface area contributed by atoms with Gasteiger partial charge in [-0.1, -0.05) is 61.7 Å². The minimum absolute atomic E-state index is 0.0703. The van der Waals surface area contributed by atoms with Gasteiger partial charge in [0.25, 0.3) is 0 Å². The summed E-state index contributed by atoms with van der Waals surface area (Å²) in [6, 6.07) is 11.1. The molecule has 2 amide bonds. The zero-order valence-corrected chi connectivity index (χ0v) is 22.9. The number of sulfonamides is 1. The van der Waals surface area contributed by atoms with Crippen LogP contribution in [0.1, 0.15) is 44.2 Å². The summed E-state index contributed by atoms with van der Waals surface area (Å²) in [6.45, 7) is 5.81. The molecule has 192 valence electrons. The Bertz CT molecular complexity index is 1140. The Labute approximate surface area is 218 Å². The van der Waals surface area contributed by atoms with Crippen LogP contribution >= 0.6 is 23.2 Å². The summed E-state index contributed by atoms with van der Waals surface area (Å²) >= 11 is 12.2. The van der Waals surface area contributed by atoms with Gasteiger partial charge in [-0.3, -0.25) is 13.9 Å². The van der Waals surface area contributed by atoms with Crippen molar-refractivity contribution in [2.75, 3.05) is 23.7 Å². The highest BCUT2D eigenvalue weighted by molar-refractivity contribution is 7.92. The fraction of sp³-hybridized carbons (Fsp3) is 0.440. The lowest BCUT2D eigenvalue weighted by Gasteiger charge is -2.33. The lowest BCUT2D eigenvalue weighted by molar-refractivity contribution is -0.140. The van der Waals surface area contributed by atoms with Gasteiger partial charge in [0.2, 0.25) is 21.8 Å². The average molecular weight is 543 g/mol. The van der Waals surface area contributed by atoms with Crippen LogP contribution in [0.4, 0.5) is 5.69 Å². The molecule has 2 rings (SSSR count).